The van der Waals surface area contributed by atoms with Crippen molar-refractivity contribution in [3.63, 3.8) is 0 Å². The number of fused-ring (bicyclic) bond motifs is 1. The summed E-state index contributed by atoms with van der Waals surface area (Å²) in [5, 5.41) is 13.2. The van der Waals surface area contributed by atoms with Crippen LogP contribution in [-0.4, -0.2) is 50.5 Å². The average Bonchev–Trinajstić information content (AvgIpc) is 3.60. The second kappa shape index (κ2) is 9.87. The van der Waals surface area contributed by atoms with Gasteiger partial charge in [0.25, 0.3) is 11.8 Å². The number of methoxy groups -OCH3 is 1. The normalized spacial score (nSPS) is 14.0. The molecule has 0 unspecified atom stereocenters. The number of hydrogen-bond donors (Lipinski definition) is 3. The van der Waals surface area contributed by atoms with Crippen LogP contribution in [0.15, 0.2) is 55.1 Å². The van der Waals surface area contributed by atoms with Crippen LogP contribution in [0.4, 0.5) is 29.1 Å². The lowest BCUT2D eigenvalue weighted by Crippen LogP contribution is -2.47. The van der Waals surface area contributed by atoms with Crippen LogP contribution in [0.2, 0.25) is 0 Å². The van der Waals surface area contributed by atoms with Crippen molar-refractivity contribution in [3.05, 3.63) is 66.3 Å². The van der Waals surface area contributed by atoms with Crippen LogP contribution < -0.4 is 21.1 Å². The van der Waals surface area contributed by atoms with Gasteiger partial charge in [0.05, 0.1) is 18.4 Å². The zero-order valence-electron chi connectivity index (χ0n) is 21.8. The minimum Gasteiger partial charge on any atom is -0.496 e. The number of halogens is 4. The van der Waals surface area contributed by atoms with E-state index in [1.54, 1.807) is 25.1 Å². The molecule has 4 aromatic rings. The van der Waals surface area contributed by atoms with Gasteiger partial charge < -0.3 is 21.1 Å². The summed E-state index contributed by atoms with van der Waals surface area (Å²) >= 11 is 0. The Morgan fingerprint density at radius 3 is 2.54 bits per heavy atom. The van der Waals surface area contributed by atoms with Gasteiger partial charge >= 0.3 is 6.18 Å². The highest BCUT2D eigenvalue weighted by Crippen LogP contribution is 2.49. The summed E-state index contributed by atoms with van der Waals surface area (Å²) in [5.74, 6) is -3.15. The van der Waals surface area contributed by atoms with E-state index < -0.39 is 29.4 Å². The minimum atomic E-state index is -4.59. The molecule has 2 aromatic carbocycles. The monoisotopic (exact) mass is 569 g/mol. The molecule has 1 fully saturated rings. The fourth-order valence-electron chi connectivity index (χ4n) is 4.46. The van der Waals surface area contributed by atoms with E-state index in [0.717, 1.165) is 5.56 Å². The second-order valence-electron chi connectivity index (χ2n) is 9.56. The Morgan fingerprint density at radius 2 is 1.90 bits per heavy atom. The molecule has 10 nitrogen and oxygen atoms in total. The van der Waals surface area contributed by atoms with Gasteiger partial charge in [0.2, 0.25) is 0 Å². The fourth-order valence-corrected chi connectivity index (χ4v) is 4.46. The highest BCUT2D eigenvalue weighted by Gasteiger charge is 2.64. The van der Waals surface area contributed by atoms with Crippen molar-refractivity contribution in [1.82, 2.24) is 25.1 Å². The Labute approximate surface area is 230 Å². The molecule has 4 N–H and O–H groups in total. The predicted octanol–water partition coefficient (Wildman–Crippen LogP) is 4.60. The van der Waals surface area contributed by atoms with Crippen molar-refractivity contribution in [2.45, 2.75) is 31.5 Å². The third kappa shape index (κ3) is 4.92. The lowest BCUT2D eigenvalue weighted by molar-refractivity contribution is -0.163. The first kappa shape index (κ1) is 27.6. The van der Waals surface area contributed by atoms with E-state index in [0.29, 0.717) is 16.7 Å². The van der Waals surface area contributed by atoms with Crippen molar-refractivity contribution in [2.24, 2.45) is 0 Å². The van der Waals surface area contributed by atoms with Gasteiger partial charge in [0.15, 0.2) is 11.6 Å². The van der Waals surface area contributed by atoms with Gasteiger partial charge in [0, 0.05) is 11.1 Å². The number of carbonyl (C=O) groups is 2. The van der Waals surface area contributed by atoms with Crippen LogP contribution in [0, 0.1) is 6.92 Å². The molecule has 1 saturated carbocycles. The van der Waals surface area contributed by atoms with Crippen LogP contribution in [0.5, 0.6) is 5.75 Å². The maximum absolute atomic E-state index is 13.6. The molecule has 41 heavy (non-hydrogen) atoms. The zero-order valence-corrected chi connectivity index (χ0v) is 21.8. The number of aromatic nitrogens is 4. The molecule has 212 valence electrons. The van der Waals surface area contributed by atoms with Gasteiger partial charge in [-0.1, -0.05) is 24.8 Å². The van der Waals surface area contributed by atoms with E-state index in [-0.39, 0.29) is 46.9 Å². The number of nitrogens with one attached hydrogen (secondary N) is 2. The number of ether oxygens (including phenoxy) is 1. The maximum Gasteiger partial charge on any atom is 0.411 e. The Morgan fingerprint density at radius 1 is 1.17 bits per heavy atom. The van der Waals surface area contributed by atoms with Crippen LogP contribution in [-0.2, 0) is 4.79 Å². The van der Waals surface area contributed by atoms with Gasteiger partial charge in [-0.15, -0.1) is 14.8 Å². The van der Waals surface area contributed by atoms with Crippen molar-refractivity contribution in [1.29, 1.82) is 0 Å². The Kier molecular flexibility index (Phi) is 6.63. The van der Waals surface area contributed by atoms with Crippen molar-refractivity contribution < 1.29 is 31.9 Å². The number of nitrogens with zero attached hydrogens (tertiary/aromatic N) is 4. The summed E-state index contributed by atoms with van der Waals surface area (Å²) < 4.78 is 60.5. The Bertz CT molecular complexity index is 1730. The Hall–Kier alpha value is -5.01. The van der Waals surface area contributed by atoms with Crippen molar-refractivity contribution in [2.75, 3.05) is 18.2 Å². The lowest BCUT2D eigenvalue weighted by atomic mass is 9.96. The van der Waals surface area contributed by atoms with E-state index in [2.05, 4.69) is 32.4 Å². The number of hydrogen-bond acceptors (Lipinski definition) is 7. The molecule has 2 aromatic heterocycles. The summed E-state index contributed by atoms with van der Waals surface area (Å²) in [6, 6.07) is 9.29. The smallest absolute Gasteiger partial charge is 0.411 e. The number of nitrogen functional groups attached to an aromatic ring is 1. The molecule has 0 radical (unpaired) electrons. The molecular formula is C27H23F4N7O3. The van der Waals surface area contributed by atoms with E-state index in [1.807, 2.05) is 0 Å². The number of nitrogens with two attached hydrogens (primary N) is 1. The standard InChI is InChI=1S/C27H23F4N7O3/c1-13-4-6-16(18(10-13)35-24(39)14(2)28)21-20(22-23(32)33-12-34-38(22)37-21)15-5-7-17(19(11-15)41-3)25(40)36-26(8-9-26)27(29,30)31/h4-7,10-12H,2,8-9H2,1,3H3,(H,35,39)(H,36,40)(H2,32,33,34). The molecule has 5 rings (SSSR count). The molecule has 1 aliphatic rings. The molecule has 0 bridgehead atoms. The molecule has 2 amide bonds. The third-order valence-corrected chi connectivity index (χ3v) is 6.77. The summed E-state index contributed by atoms with van der Waals surface area (Å²) in [6.07, 6.45) is -3.82. The van der Waals surface area contributed by atoms with Gasteiger partial charge in [-0.2, -0.15) is 13.2 Å². The number of benzene rings is 2. The SMILES string of the molecule is C=C(F)C(=O)Nc1cc(C)ccc1-c1nn2ncnc(N)c2c1-c1ccc(C(=O)NC2(C(F)(F)F)CC2)c(OC)c1. The molecule has 0 saturated heterocycles. The summed E-state index contributed by atoms with van der Waals surface area (Å²) in [7, 11) is 1.28. The molecule has 14 heteroatoms. The van der Waals surface area contributed by atoms with Gasteiger partial charge in [-0.25, -0.2) is 9.37 Å². The lowest BCUT2D eigenvalue weighted by Gasteiger charge is -2.21. The number of carbonyl (C=O) groups excluding carboxylic acids is 2. The van der Waals surface area contributed by atoms with Crippen molar-refractivity contribution in [3.8, 4) is 28.1 Å². The maximum atomic E-state index is 13.6. The third-order valence-electron chi connectivity index (χ3n) is 6.77. The number of rotatable bonds is 7. The predicted molar refractivity (Wildman–Crippen MR) is 142 cm³/mol. The molecule has 1 aliphatic carbocycles. The van der Waals surface area contributed by atoms with Crippen LogP contribution in [0.3, 0.4) is 0 Å². The quantitative estimate of drug-likeness (QED) is 0.219. The summed E-state index contributed by atoms with van der Waals surface area (Å²) in [4.78, 5) is 29.1. The van der Waals surface area contributed by atoms with Crippen molar-refractivity contribution >= 4 is 28.8 Å². The van der Waals surface area contributed by atoms with Crippen LogP contribution in [0.1, 0.15) is 28.8 Å². The number of anilines is 2. The molecule has 0 atom stereocenters. The fraction of sp³-hybridized carbons (Fsp3) is 0.222. The van der Waals surface area contributed by atoms with Gasteiger partial charge in [-0.05, 0) is 49.1 Å². The van der Waals surface area contributed by atoms with E-state index in [1.165, 1.54) is 36.3 Å². The molecule has 0 aliphatic heterocycles. The first-order valence-electron chi connectivity index (χ1n) is 12.2. The average molecular weight is 570 g/mol. The van der Waals surface area contributed by atoms with Crippen LogP contribution in [0.25, 0.3) is 27.9 Å². The number of aryl methyl sites for hydroxylation is 1. The molecular weight excluding hydrogens is 546 g/mol. The van der Waals surface area contributed by atoms with Crippen LogP contribution >= 0.6 is 0 Å². The summed E-state index contributed by atoms with van der Waals surface area (Å²) in [6.45, 7) is 4.80. The largest absolute Gasteiger partial charge is 0.496 e. The molecule has 0 spiro atoms. The van der Waals surface area contributed by atoms with Gasteiger partial charge in [0.1, 0.15) is 28.8 Å². The summed E-state index contributed by atoms with van der Waals surface area (Å²) in [5.41, 5.74) is 6.44. The van der Waals surface area contributed by atoms with E-state index >= 15 is 0 Å². The highest BCUT2D eigenvalue weighted by molar-refractivity contribution is 6.06. The van der Waals surface area contributed by atoms with E-state index in [9.17, 15) is 27.2 Å². The second-order valence-corrected chi connectivity index (χ2v) is 9.56. The van der Waals surface area contributed by atoms with Gasteiger partial charge in [-0.3, -0.25) is 9.59 Å². The van der Waals surface area contributed by atoms with E-state index in [4.69, 9.17) is 10.5 Å². The highest BCUT2D eigenvalue weighted by atomic mass is 19.4. The Balaban J connectivity index is 1.66. The molecule has 2 heterocycles. The zero-order chi connectivity index (χ0) is 29.7. The minimum absolute atomic E-state index is 0.00939. The first-order chi connectivity index (χ1) is 19.3. The first-order valence-corrected chi connectivity index (χ1v) is 12.2. The number of amides is 2. The number of alkyl halides is 3. The topological polar surface area (TPSA) is 137 Å².